The summed E-state index contributed by atoms with van der Waals surface area (Å²) in [6.07, 6.45) is 1.17. The molecule has 30 heavy (non-hydrogen) atoms. The van der Waals surface area contributed by atoms with Crippen molar-refractivity contribution in [2.45, 2.75) is 34.4 Å². The fourth-order valence-corrected chi connectivity index (χ4v) is 5.87. The quantitative estimate of drug-likeness (QED) is 0.629. The number of alkyl halides is 2. The fraction of sp³-hybridized carbons (Fsp3) is 0.368. The van der Waals surface area contributed by atoms with Crippen molar-refractivity contribution < 1.29 is 35.1 Å². The van der Waals surface area contributed by atoms with Crippen LogP contribution in [-0.4, -0.2) is 47.7 Å². The highest BCUT2D eigenvalue weighted by atomic mass is 32.2. The lowest BCUT2D eigenvalue weighted by Gasteiger charge is -2.26. The Morgan fingerprint density at radius 1 is 0.967 bits per heavy atom. The van der Waals surface area contributed by atoms with E-state index in [1.54, 1.807) is 18.2 Å². The van der Waals surface area contributed by atoms with Gasteiger partial charge in [-0.25, -0.2) is 16.8 Å². The molecule has 2 aromatic carbocycles. The molecule has 0 N–H and O–H groups in total. The topological polar surface area (TPSA) is 90.0 Å². The average molecular weight is 462 g/mol. The van der Waals surface area contributed by atoms with E-state index >= 15 is 0 Å². The van der Waals surface area contributed by atoms with Gasteiger partial charge in [-0.2, -0.15) is 13.1 Å². The zero-order chi connectivity index (χ0) is 22.1. The number of methoxy groups -OCH3 is 2. The Bertz CT molecular complexity index is 1120. The Morgan fingerprint density at radius 2 is 1.60 bits per heavy atom. The summed E-state index contributed by atoms with van der Waals surface area (Å²) in [6.45, 7) is 0.254. The van der Waals surface area contributed by atoms with Gasteiger partial charge in [-0.3, -0.25) is 0 Å². The van der Waals surface area contributed by atoms with E-state index in [0.29, 0.717) is 29.9 Å². The number of sulfonamides is 1. The SMILES string of the molecule is COc1ccc(OC)c(C2CCCN2S(=O)(=O)c2ccc(S(=O)(=O)C(F)F)cc2)c1. The third-order valence-corrected chi connectivity index (χ3v) is 8.31. The van der Waals surface area contributed by atoms with Crippen molar-refractivity contribution in [2.24, 2.45) is 0 Å². The van der Waals surface area contributed by atoms with Crippen molar-refractivity contribution in [3.05, 3.63) is 48.0 Å². The van der Waals surface area contributed by atoms with E-state index in [0.717, 1.165) is 24.3 Å². The Labute approximate surface area is 174 Å². The van der Waals surface area contributed by atoms with Gasteiger partial charge in [0.25, 0.3) is 0 Å². The summed E-state index contributed by atoms with van der Waals surface area (Å²) in [5.74, 6) is -2.51. The first-order valence-electron chi connectivity index (χ1n) is 8.99. The Kier molecular flexibility index (Phi) is 6.34. The van der Waals surface area contributed by atoms with Crippen LogP contribution in [0.5, 0.6) is 11.5 Å². The zero-order valence-corrected chi connectivity index (χ0v) is 17.9. The van der Waals surface area contributed by atoms with Crippen LogP contribution < -0.4 is 9.47 Å². The number of sulfone groups is 1. The van der Waals surface area contributed by atoms with E-state index < -0.39 is 36.6 Å². The molecule has 0 aliphatic carbocycles. The number of nitrogens with zero attached hydrogens (tertiary/aromatic N) is 1. The van der Waals surface area contributed by atoms with Gasteiger partial charge in [0.15, 0.2) is 0 Å². The van der Waals surface area contributed by atoms with E-state index in [2.05, 4.69) is 0 Å². The standard InChI is InChI=1S/C19H21F2NO6S2/c1-27-13-5-10-18(28-2)16(12-13)17-4-3-11-22(17)30(25,26)15-8-6-14(7-9-15)29(23,24)19(20)21/h5-10,12,17,19H,3-4,11H2,1-2H3. The third-order valence-electron chi connectivity index (χ3n) is 4.99. The molecule has 1 fully saturated rings. The molecule has 0 spiro atoms. The number of hydrogen-bond acceptors (Lipinski definition) is 6. The van der Waals surface area contributed by atoms with Gasteiger partial charge in [0.05, 0.1) is 30.1 Å². The van der Waals surface area contributed by atoms with Crippen molar-refractivity contribution in [1.29, 1.82) is 0 Å². The smallest absolute Gasteiger partial charge is 0.341 e. The van der Waals surface area contributed by atoms with Crippen molar-refractivity contribution in [2.75, 3.05) is 20.8 Å². The van der Waals surface area contributed by atoms with Crippen molar-refractivity contribution in [3.63, 3.8) is 0 Å². The summed E-state index contributed by atoms with van der Waals surface area (Å²) in [6, 6.07) is 8.43. The Balaban J connectivity index is 1.98. The first-order chi connectivity index (χ1) is 14.1. The highest BCUT2D eigenvalue weighted by Gasteiger charge is 2.38. The summed E-state index contributed by atoms with van der Waals surface area (Å²) < 4.78 is 87.0. The molecule has 1 unspecified atom stereocenters. The van der Waals surface area contributed by atoms with Crippen LogP contribution in [0.4, 0.5) is 8.78 Å². The van der Waals surface area contributed by atoms with Crippen LogP contribution in [0.3, 0.4) is 0 Å². The second-order valence-electron chi connectivity index (χ2n) is 6.66. The van der Waals surface area contributed by atoms with Gasteiger partial charge in [-0.05, 0) is 55.3 Å². The maximum atomic E-state index is 13.2. The highest BCUT2D eigenvalue weighted by molar-refractivity contribution is 7.91. The van der Waals surface area contributed by atoms with E-state index in [4.69, 9.17) is 9.47 Å². The van der Waals surface area contributed by atoms with Crippen LogP contribution in [0.25, 0.3) is 0 Å². The molecule has 1 saturated heterocycles. The first kappa shape index (κ1) is 22.4. The van der Waals surface area contributed by atoms with Crippen LogP contribution in [0.2, 0.25) is 0 Å². The van der Waals surface area contributed by atoms with E-state index in [-0.39, 0.29) is 11.4 Å². The van der Waals surface area contributed by atoms with Gasteiger partial charge in [-0.15, -0.1) is 0 Å². The second-order valence-corrected chi connectivity index (χ2v) is 10.5. The summed E-state index contributed by atoms with van der Waals surface area (Å²) >= 11 is 0. The van der Waals surface area contributed by atoms with E-state index in [1.807, 2.05) is 0 Å². The molecule has 1 heterocycles. The lowest BCUT2D eigenvalue weighted by molar-refractivity contribution is 0.234. The molecular weight excluding hydrogens is 440 g/mol. The molecule has 0 amide bonds. The molecule has 0 saturated carbocycles. The molecule has 7 nitrogen and oxygen atoms in total. The fourth-order valence-electron chi connectivity index (χ4n) is 3.48. The maximum absolute atomic E-state index is 13.2. The minimum absolute atomic E-state index is 0.176. The predicted octanol–water partition coefficient (Wildman–Crippen LogP) is 3.23. The molecule has 164 valence electrons. The Hall–Kier alpha value is -2.24. The van der Waals surface area contributed by atoms with Crippen molar-refractivity contribution in [1.82, 2.24) is 4.31 Å². The van der Waals surface area contributed by atoms with Crippen LogP contribution >= 0.6 is 0 Å². The van der Waals surface area contributed by atoms with Crippen LogP contribution in [0.1, 0.15) is 24.4 Å². The molecule has 1 atom stereocenters. The average Bonchev–Trinajstić information content (AvgIpc) is 3.24. The van der Waals surface area contributed by atoms with Crippen LogP contribution in [-0.2, 0) is 19.9 Å². The van der Waals surface area contributed by atoms with E-state index in [1.165, 1.54) is 18.5 Å². The number of benzene rings is 2. The molecule has 0 bridgehead atoms. The third kappa shape index (κ3) is 4.01. The number of rotatable bonds is 7. The molecule has 0 radical (unpaired) electrons. The monoisotopic (exact) mass is 461 g/mol. The first-order valence-corrected chi connectivity index (χ1v) is 12.0. The number of halogens is 2. The van der Waals surface area contributed by atoms with Gasteiger partial charge in [0.1, 0.15) is 11.5 Å². The normalized spacial score (nSPS) is 18.0. The van der Waals surface area contributed by atoms with Crippen LogP contribution in [0.15, 0.2) is 52.3 Å². The lowest BCUT2D eigenvalue weighted by Crippen LogP contribution is -2.31. The molecule has 3 rings (SSSR count). The minimum atomic E-state index is -4.80. The van der Waals surface area contributed by atoms with Gasteiger partial charge in [0, 0.05) is 12.1 Å². The summed E-state index contributed by atoms with van der Waals surface area (Å²) in [5, 5.41) is 0. The Morgan fingerprint density at radius 3 is 2.17 bits per heavy atom. The number of ether oxygens (including phenoxy) is 2. The van der Waals surface area contributed by atoms with Crippen molar-refractivity contribution >= 4 is 19.9 Å². The largest absolute Gasteiger partial charge is 0.497 e. The molecule has 2 aromatic rings. The minimum Gasteiger partial charge on any atom is -0.497 e. The maximum Gasteiger partial charge on any atom is 0.341 e. The number of hydrogen-bond donors (Lipinski definition) is 0. The lowest BCUT2D eigenvalue weighted by atomic mass is 10.0. The molecular formula is C19H21F2NO6S2. The highest BCUT2D eigenvalue weighted by Crippen LogP contribution is 2.41. The molecule has 1 aliphatic heterocycles. The second kappa shape index (κ2) is 8.48. The van der Waals surface area contributed by atoms with Gasteiger partial charge in [-0.1, -0.05) is 0 Å². The van der Waals surface area contributed by atoms with Crippen LogP contribution in [0, 0.1) is 0 Å². The molecule has 1 aliphatic rings. The van der Waals surface area contributed by atoms with E-state index in [9.17, 15) is 25.6 Å². The summed E-state index contributed by atoms with van der Waals surface area (Å²) in [4.78, 5) is -0.812. The van der Waals surface area contributed by atoms with Gasteiger partial charge < -0.3 is 9.47 Å². The molecule has 0 aromatic heterocycles. The summed E-state index contributed by atoms with van der Waals surface area (Å²) in [7, 11) is -5.82. The zero-order valence-electron chi connectivity index (χ0n) is 16.3. The van der Waals surface area contributed by atoms with Gasteiger partial charge in [0.2, 0.25) is 19.9 Å². The predicted molar refractivity (Wildman–Crippen MR) is 105 cm³/mol. The summed E-state index contributed by atoms with van der Waals surface area (Å²) in [5.41, 5.74) is 0.648. The van der Waals surface area contributed by atoms with Gasteiger partial charge >= 0.3 is 5.76 Å². The molecule has 11 heteroatoms. The van der Waals surface area contributed by atoms with Crippen molar-refractivity contribution in [3.8, 4) is 11.5 Å².